The summed E-state index contributed by atoms with van der Waals surface area (Å²) >= 11 is 0. The summed E-state index contributed by atoms with van der Waals surface area (Å²) < 4.78 is 50.6. The SMILES string of the molecule is O=C(NC[C@@H]1CO[C@@H]2CN(c3ncc(F)cn3)C[C@H]12)c1ccnnc1.O=C(O)C(F)(F)F. The molecule has 172 valence electrons. The van der Waals surface area contributed by atoms with E-state index in [-0.39, 0.29) is 23.8 Å². The number of amides is 1. The molecule has 0 bridgehead atoms. The van der Waals surface area contributed by atoms with Crippen LogP contribution < -0.4 is 10.2 Å². The zero-order valence-corrected chi connectivity index (χ0v) is 16.4. The molecule has 0 radical (unpaired) electrons. The maximum atomic E-state index is 13.0. The number of alkyl halides is 3. The van der Waals surface area contributed by atoms with Gasteiger partial charge in [0.05, 0.1) is 43.1 Å². The number of aromatic nitrogens is 4. The molecule has 14 heteroatoms. The Kier molecular flexibility index (Phi) is 7.12. The molecule has 2 aromatic heterocycles. The second-order valence-electron chi connectivity index (χ2n) is 7.05. The number of fused-ring (bicyclic) bond motifs is 1. The summed E-state index contributed by atoms with van der Waals surface area (Å²) in [5.74, 6) is -2.38. The Balaban J connectivity index is 0.000000360. The molecule has 0 aliphatic carbocycles. The van der Waals surface area contributed by atoms with E-state index >= 15 is 0 Å². The Labute approximate surface area is 178 Å². The number of halogens is 4. The molecule has 4 rings (SSSR count). The number of anilines is 1. The van der Waals surface area contributed by atoms with Crippen LogP contribution in [0.4, 0.5) is 23.5 Å². The van der Waals surface area contributed by atoms with E-state index in [4.69, 9.17) is 14.6 Å². The largest absolute Gasteiger partial charge is 0.490 e. The van der Waals surface area contributed by atoms with Gasteiger partial charge in [0.2, 0.25) is 5.95 Å². The number of nitrogens with zero attached hydrogens (tertiary/aromatic N) is 5. The van der Waals surface area contributed by atoms with Crippen LogP contribution in [0.1, 0.15) is 10.4 Å². The van der Waals surface area contributed by atoms with Crippen molar-refractivity contribution in [2.45, 2.75) is 12.3 Å². The molecule has 2 aromatic rings. The van der Waals surface area contributed by atoms with Gasteiger partial charge in [-0.25, -0.2) is 19.2 Å². The maximum absolute atomic E-state index is 13.0. The predicted molar refractivity (Wildman–Crippen MR) is 99.0 cm³/mol. The lowest BCUT2D eigenvalue weighted by molar-refractivity contribution is -0.192. The zero-order chi connectivity index (χ0) is 23.3. The predicted octanol–water partition coefficient (Wildman–Crippen LogP) is 0.920. The van der Waals surface area contributed by atoms with E-state index in [9.17, 15) is 22.4 Å². The van der Waals surface area contributed by atoms with Gasteiger partial charge in [-0.1, -0.05) is 0 Å². The third kappa shape index (κ3) is 5.84. The van der Waals surface area contributed by atoms with Gasteiger partial charge in [0.1, 0.15) is 0 Å². The highest BCUT2D eigenvalue weighted by Crippen LogP contribution is 2.34. The molecule has 0 aromatic carbocycles. The Morgan fingerprint density at radius 3 is 2.47 bits per heavy atom. The van der Waals surface area contributed by atoms with Crippen molar-refractivity contribution in [1.29, 1.82) is 0 Å². The van der Waals surface area contributed by atoms with Gasteiger partial charge in [-0.3, -0.25) is 4.79 Å². The molecular weight excluding hydrogens is 440 g/mol. The Morgan fingerprint density at radius 1 is 1.19 bits per heavy atom. The number of nitrogens with one attached hydrogen (secondary N) is 1. The molecule has 2 aliphatic heterocycles. The topological polar surface area (TPSA) is 130 Å². The fourth-order valence-electron chi connectivity index (χ4n) is 3.39. The van der Waals surface area contributed by atoms with Crippen LogP contribution in [-0.4, -0.2) is 75.7 Å². The fourth-order valence-corrected chi connectivity index (χ4v) is 3.39. The van der Waals surface area contributed by atoms with E-state index in [1.165, 1.54) is 12.4 Å². The number of aliphatic carboxylic acids is 1. The third-order valence-corrected chi connectivity index (χ3v) is 4.94. The standard InChI is InChI=1S/C16H17FN6O2.C2HF3O2/c17-12-5-19-16(20-6-12)23-7-13-11(9-25-14(13)8-23)3-18-15(24)10-1-2-21-22-4-10;3-2(4,5)1(6)7/h1-2,4-6,11,13-14H,3,7-9H2,(H,18,24);(H,6,7)/t11-,13-,14-;/m1./s1. The first-order chi connectivity index (χ1) is 15.1. The highest BCUT2D eigenvalue weighted by Gasteiger charge is 2.44. The van der Waals surface area contributed by atoms with Crippen molar-refractivity contribution in [1.82, 2.24) is 25.5 Å². The van der Waals surface area contributed by atoms with E-state index in [1.807, 2.05) is 4.90 Å². The van der Waals surface area contributed by atoms with Gasteiger partial charge in [0.15, 0.2) is 5.82 Å². The zero-order valence-electron chi connectivity index (χ0n) is 16.4. The molecule has 0 spiro atoms. The molecule has 2 N–H and O–H groups in total. The van der Waals surface area contributed by atoms with Crippen molar-refractivity contribution in [3.05, 3.63) is 42.2 Å². The lowest BCUT2D eigenvalue weighted by Crippen LogP contribution is -2.34. The molecule has 4 heterocycles. The Hall–Kier alpha value is -3.42. The van der Waals surface area contributed by atoms with Crippen LogP contribution >= 0.6 is 0 Å². The van der Waals surface area contributed by atoms with Crippen molar-refractivity contribution < 1.29 is 37.0 Å². The van der Waals surface area contributed by atoms with E-state index in [2.05, 4.69) is 25.5 Å². The van der Waals surface area contributed by atoms with Gasteiger partial charge >= 0.3 is 12.1 Å². The molecular formula is C18H18F4N6O4. The summed E-state index contributed by atoms with van der Waals surface area (Å²) in [7, 11) is 0. The molecule has 2 aliphatic rings. The maximum Gasteiger partial charge on any atom is 0.490 e. The van der Waals surface area contributed by atoms with Crippen LogP contribution in [-0.2, 0) is 9.53 Å². The molecule has 32 heavy (non-hydrogen) atoms. The first-order valence-electron chi connectivity index (χ1n) is 9.34. The molecule has 0 unspecified atom stereocenters. The van der Waals surface area contributed by atoms with Gasteiger partial charge in [0.25, 0.3) is 5.91 Å². The molecule has 0 saturated carbocycles. The molecule has 3 atom stereocenters. The second-order valence-corrected chi connectivity index (χ2v) is 7.05. The summed E-state index contributed by atoms with van der Waals surface area (Å²) in [6.07, 6.45) is 0.251. The number of carbonyl (C=O) groups excluding carboxylic acids is 1. The average Bonchev–Trinajstić information content (AvgIpc) is 3.34. The molecule has 2 fully saturated rings. The minimum atomic E-state index is -5.08. The van der Waals surface area contributed by atoms with Crippen LogP contribution in [0, 0.1) is 17.7 Å². The van der Waals surface area contributed by atoms with E-state index < -0.39 is 18.0 Å². The van der Waals surface area contributed by atoms with E-state index in [1.54, 1.807) is 6.07 Å². The summed E-state index contributed by atoms with van der Waals surface area (Å²) in [6.45, 7) is 2.55. The Morgan fingerprint density at radius 2 is 1.88 bits per heavy atom. The lowest BCUT2D eigenvalue weighted by atomic mass is 9.93. The lowest BCUT2D eigenvalue weighted by Gasteiger charge is -2.19. The van der Waals surface area contributed by atoms with Crippen molar-refractivity contribution >= 4 is 17.8 Å². The number of carboxylic acid groups (broad SMARTS) is 1. The highest BCUT2D eigenvalue weighted by atomic mass is 19.4. The monoisotopic (exact) mass is 458 g/mol. The number of hydrogen-bond donors (Lipinski definition) is 2. The normalized spacial score (nSPS) is 22.0. The van der Waals surface area contributed by atoms with Gasteiger partial charge in [-0.2, -0.15) is 23.4 Å². The number of rotatable bonds is 4. The van der Waals surface area contributed by atoms with Crippen LogP contribution in [0.3, 0.4) is 0 Å². The first-order valence-corrected chi connectivity index (χ1v) is 9.34. The van der Waals surface area contributed by atoms with Crippen LogP contribution in [0.25, 0.3) is 0 Å². The number of carbonyl (C=O) groups is 2. The van der Waals surface area contributed by atoms with Gasteiger partial charge in [-0.15, -0.1) is 0 Å². The summed E-state index contributed by atoms with van der Waals surface area (Å²) in [5.41, 5.74) is 0.484. The first kappa shape index (κ1) is 23.2. The average molecular weight is 458 g/mol. The Bertz CT molecular complexity index is 931. The molecule has 1 amide bonds. The number of ether oxygens (including phenoxy) is 1. The van der Waals surface area contributed by atoms with E-state index in [0.29, 0.717) is 31.2 Å². The smallest absolute Gasteiger partial charge is 0.475 e. The molecule has 2 saturated heterocycles. The number of hydrogen-bond acceptors (Lipinski definition) is 8. The van der Waals surface area contributed by atoms with Gasteiger partial charge in [-0.05, 0) is 6.07 Å². The van der Waals surface area contributed by atoms with Gasteiger partial charge in [0, 0.05) is 31.5 Å². The summed E-state index contributed by atoms with van der Waals surface area (Å²) in [4.78, 5) is 31.1. The van der Waals surface area contributed by atoms with Crippen molar-refractivity contribution in [3.8, 4) is 0 Å². The molecule has 10 nitrogen and oxygen atoms in total. The van der Waals surface area contributed by atoms with Crippen LogP contribution in [0.2, 0.25) is 0 Å². The fraction of sp³-hybridized carbons (Fsp3) is 0.444. The van der Waals surface area contributed by atoms with Crippen LogP contribution in [0.15, 0.2) is 30.9 Å². The van der Waals surface area contributed by atoms with Crippen molar-refractivity contribution in [2.75, 3.05) is 31.1 Å². The summed E-state index contributed by atoms with van der Waals surface area (Å²) in [6, 6.07) is 1.62. The van der Waals surface area contributed by atoms with E-state index in [0.717, 1.165) is 18.9 Å². The highest BCUT2D eigenvalue weighted by molar-refractivity contribution is 5.93. The van der Waals surface area contributed by atoms with Crippen LogP contribution in [0.5, 0.6) is 0 Å². The summed E-state index contributed by atoms with van der Waals surface area (Å²) in [5, 5.41) is 17.4. The van der Waals surface area contributed by atoms with Gasteiger partial charge < -0.3 is 20.1 Å². The number of carboxylic acids is 1. The quantitative estimate of drug-likeness (QED) is 0.642. The van der Waals surface area contributed by atoms with Crippen molar-refractivity contribution in [2.24, 2.45) is 11.8 Å². The minimum Gasteiger partial charge on any atom is -0.475 e. The van der Waals surface area contributed by atoms with Crippen molar-refractivity contribution in [3.63, 3.8) is 0 Å². The second kappa shape index (κ2) is 9.80. The minimum absolute atomic E-state index is 0.0816. The third-order valence-electron chi connectivity index (χ3n) is 4.94.